The van der Waals surface area contributed by atoms with E-state index in [1.54, 1.807) is 18.6 Å². The van der Waals surface area contributed by atoms with E-state index < -0.39 is 18.3 Å². The van der Waals surface area contributed by atoms with Gasteiger partial charge in [-0.2, -0.15) is 0 Å². The highest BCUT2D eigenvalue weighted by atomic mass is 16.5. The fourth-order valence-corrected chi connectivity index (χ4v) is 4.72. The van der Waals surface area contributed by atoms with Gasteiger partial charge in [-0.3, -0.25) is 4.79 Å². The number of unbranched alkanes of at least 4 members (excludes halogenated alkanes) is 1. The Morgan fingerprint density at radius 2 is 1.89 bits per heavy atom. The van der Waals surface area contributed by atoms with Crippen molar-refractivity contribution in [2.45, 2.75) is 83.2 Å². The van der Waals surface area contributed by atoms with Gasteiger partial charge in [0.25, 0.3) is 0 Å². The van der Waals surface area contributed by atoms with Gasteiger partial charge in [0.1, 0.15) is 0 Å². The second-order valence-corrected chi connectivity index (χ2v) is 9.95. The van der Waals surface area contributed by atoms with Crippen LogP contribution in [0.5, 0.6) is 0 Å². The van der Waals surface area contributed by atoms with Crippen molar-refractivity contribution in [1.82, 2.24) is 0 Å². The first-order valence-corrected chi connectivity index (χ1v) is 13.0. The maximum atomic E-state index is 11.6. The number of furan rings is 1. The number of carbonyl (C=O) groups excluding carboxylic acids is 1. The van der Waals surface area contributed by atoms with Crippen molar-refractivity contribution in [2.75, 3.05) is 0 Å². The quantitative estimate of drug-likeness (QED) is 0.200. The third-order valence-corrected chi connectivity index (χ3v) is 6.70. The topological polar surface area (TPSA) is 100 Å². The van der Waals surface area contributed by atoms with Crippen LogP contribution in [-0.4, -0.2) is 45.7 Å². The summed E-state index contributed by atoms with van der Waals surface area (Å²) in [6.45, 7) is 3.68. The maximum Gasteiger partial charge on any atom is 0.306 e. The fraction of sp³-hybridized carbons (Fsp3) is 0.500. The molecule has 1 saturated carbocycles. The molecule has 3 N–H and O–H groups in total. The van der Waals surface area contributed by atoms with Gasteiger partial charge in [0.05, 0.1) is 36.9 Å². The predicted octanol–water partition coefficient (Wildman–Crippen LogP) is 5.22. The number of aryl methyl sites for hydroxylation is 1. The van der Waals surface area contributed by atoms with Crippen LogP contribution in [0.25, 0.3) is 11.1 Å². The van der Waals surface area contributed by atoms with Crippen molar-refractivity contribution >= 4 is 5.97 Å². The van der Waals surface area contributed by atoms with Gasteiger partial charge >= 0.3 is 5.97 Å². The number of benzene rings is 1. The lowest BCUT2D eigenvalue weighted by molar-refractivity contribution is -0.147. The third-order valence-electron chi connectivity index (χ3n) is 6.70. The number of carbonyl (C=O) groups is 1. The molecule has 6 heteroatoms. The maximum absolute atomic E-state index is 11.6. The molecular formula is C30H40O6. The van der Waals surface area contributed by atoms with E-state index in [1.165, 1.54) is 0 Å². The Morgan fingerprint density at radius 3 is 2.58 bits per heavy atom. The lowest BCUT2D eigenvalue weighted by Crippen LogP contribution is -2.20. The van der Waals surface area contributed by atoms with Crippen molar-refractivity contribution in [3.63, 3.8) is 0 Å². The summed E-state index contributed by atoms with van der Waals surface area (Å²) in [4.78, 5) is 11.6. The predicted molar refractivity (Wildman–Crippen MR) is 140 cm³/mol. The van der Waals surface area contributed by atoms with Crippen LogP contribution in [0.4, 0.5) is 0 Å². The number of allylic oxidation sites excluding steroid dienone is 2. The summed E-state index contributed by atoms with van der Waals surface area (Å²) in [5.41, 5.74) is 3.28. The highest BCUT2D eigenvalue weighted by molar-refractivity contribution is 5.69. The average molecular weight is 497 g/mol. The van der Waals surface area contributed by atoms with E-state index in [1.807, 2.05) is 50.3 Å². The largest absolute Gasteiger partial charge is 0.472 e. The highest BCUT2D eigenvalue weighted by Gasteiger charge is 2.39. The standard InChI is InChI=1S/C30H40O6/c1-21(2)36-30(34)8-6-4-3-5-7-26-27(29(33)19-28(26)32)16-15-25(31)14-11-22-9-12-23(13-10-22)24-17-18-35-20-24/h3,5,9-10,12-13,15-18,20-21,25-29,31-33H,4,6-8,11,14,19H2,1-2H3/b5-3-,16-15+/t25?,26-,27-,28+,29-/m1/s1. The highest BCUT2D eigenvalue weighted by Crippen LogP contribution is 2.36. The molecule has 1 aliphatic carbocycles. The SMILES string of the molecule is CC(C)OC(=O)CCC/C=C\C[C@@H]1[C@@H](/C=C/C(O)CCc2ccc(-c3ccoc3)cc2)[C@H](O)C[C@@H]1O. The fourth-order valence-electron chi connectivity index (χ4n) is 4.72. The Labute approximate surface area is 214 Å². The van der Waals surface area contributed by atoms with Crippen LogP contribution in [-0.2, 0) is 16.0 Å². The number of aliphatic hydroxyl groups is 3. The first-order chi connectivity index (χ1) is 17.3. The van der Waals surface area contributed by atoms with Crippen LogP contribution in [0.3, 0.4) is 0 Å². The number of ether oxygens (including phenoxy) is 1. The van der Waals surface area contributed by atoms with Crippen LogP contribution < -0.4 is 0 Å². The van der Waals surface area contributed by atoms with E-state index in [9.17, 15) is 20.1 Å². The van der Waals surface area contributed by atoms with Gasteiger partial charge in [0.15, 0.2) is 0 Å². The van der Waals surface area contributed by atoms with Gasteiger partial charge in [-0.15, -0.1) is 0 Å². The van der Waals surface area contributed by atoms with E-state index in [0.717, 1.165) is 36.0 Å². The molecule has 0 bridgehead atoms. The summed E-state index contributed by atoms with van der Waals surface area (Å²) < 4.78 is 10.3. The molecule has 0 aliphatic heterocycles. The van der Waals surface area contributed by atoms with Crippen LogP contribution in [0, 0.1) is 11.8 Å². The Kier molecular flexibility index (Phi) is 11.0. The molecule has 0 spiro atoms. The molecule has 2 aromatic rings. The molecule has 1 fully saturated rings. The van der Waals surface area contributed by atoms with E-state index in [0.29, 0.717) is 25.7 Å². The number of hydrogen-bond acceptors (Lipinski definition) is 6. The van der Waals surface area contributed by atoms with Crippen molar-refractivity contribution in [3.8, 4) is 11.1 Å². The summed E-state index contributed by atoms with van der Waals surface area (Å²) in [5, 5.41) is 31.4. The van der Waals surface area contributed by atoms with Crippen molar-refractivity contribution < 1.29 is 29.3 Å². The van der Waals surface area contributed by atoms with Gasteiger partial charge < -0.3 is 24.5 Å². The second-order valence-electron chi connectivity index (χ2n) is 9.95. The molecule has 196 valence electrons. The molecule has 1 unspecified atom stereocenters. The third kappa shape index (κ3) is 8.77. The van der Waals surface area contributed by atoms with Crippen molar-refractivity contribution in [2.24, 2.45) is 11.8 Å². The van der Waals surface area contributed by atoms with Crippen molar-refractivity contribution in [3.05, 3.63) is 72.7 Å². The first kappa shape index (κ1) is 27.9. The molecule has 3 rings (SSSR count). The van der Waals surface area contributed by atoms with E-state index >= 15 is 0 Å². The lowest BCUT2D eigenvalue weighted by atomic mass is 9.89. The molecular weight excluding hydrogens is 456 g/mol. The van der Waals surface area contributed by atoms with Crippen molar-refractivity contribution in [1.29, 1.82) is 0 Å². The molecule has 5 atom stereocenters. The molecule has 1 aromatic heterocycles. The molecule has 1 aromatic carbocycles. The molecule has 1 heterocycles. The van der Waals surface area contributed by atoms with Gasteiger partial charge in [-0.1, -0.05) is 48.6 Å². The Morgan fingerprint density at radius 1 is 1.11 bits per heavy atom. The summed E-state index contributed by atoms with van der Waals surface area (Å²) >= 11 is 0. The summed E-state index contributed by atoms with van der Waals surface area (Å²) in [6, 6.07) is 10.1. The Balaban J connectivity index is 1.43. The van der Waals surface area contributed by atoms with Gasteiger partial charge in [-0.05, 0) is 69.1 Å². The minimum atomic E-state index is -0.622. The van der Waals surface area contributed by atoms with Crippen LogP contribution in [0.2, 0.25) is 0 Å². The molecule has 6 nitrogen and oxygen atoms in total. The molecule has 36 heavy (non-hydrogen) atoms. The molecule has 0 amide bonds. The molecule has 0 radical (unpaired) electrons. The summed E-state index contributed by atoms with van der Waals surface area (Å²) in [7, 11) is 0. The van der Waals surface area contributed by atoms with Gasteiger partial charge in [0.2, 0.25) is 0 Å². The molecule has 1 aliphatic rings. The molecule has 0 saturated heterocycles. The average Bonchev–Trinajstić information content (AvgIpc) is 3.46. The first-order valence-electron chi connectivity index (χ1n) is 13.0. The minimum absolute atomic E-state index is 0.0912. The number of esters is 1. The lowest BCUT2D eigenvalue weighted by Gasteiger charge is -2.19. The zero-order valence-electron chi connectivity index (χ0n) is 21.3. The van der Waals surface area contributed by atoms with E-state index in [4.69, 9.17) is 9.15 Å². The Hall–Kier alpha value is -2.67. The van der Waals surface area contributed by atoms with Crippen LogP contribution in [0.1, 0.15) is 57.9 Å². The van der Waals surface area contributed by atoms with Gasteiger partial charge in [0, 0.05) is 24.3 Å². The summed E-state index contributed by atoms with van der Waals surface area (Å²) in [6.07, 6.45) is 13.3. The second kappa shape index (κ2) is 14.2. The monoisotopic (exact) mass is 496 g/mol. The summed E-state index contributed by atoms with van der Waals surface area (Å²) in [5.74, 6) is -0.474. The zero-order valence-corrected chi connectivity index (χ0v) is 21.3. The normalized spacial score (nSPS) is 23.2. The Bertz CT molecular complexity index is 960. The van der Waals surface area contributed by atoms with Gasteiger partial charge in [-0.25, -0.2) is 0 Å². The zero-order chi connectivity index (χ0) is 25.9. The number of hydrogen-bond donors (Lipinski definition) is 3. The number of rotatable bonds is 13. The van der Waals surface area contributed by atoms with E-state index in [-0.39, 0.29) is 23.9 Å². The van der Waals surface area contributed by atoms with E-state index in [2.05, 4.69) is 12.1 Å². The van der Waals surface area contributed by atoms with Crippen LogP contribution >= 0.6 is 0 Å². The van der Waals surface area contributed by atoms with Crippen LogP contribution in [0.15, 0.2) is 71.6 Å². The minimum Gasteiger partial charge on any atom is -0.472 e. The number of aliphatic hydroxyl groups excluding tert-OH is 3. The smallest absolute Gasteiger partial charge is 0.306 e.